The molecule has 9 saturated heterocycles. The van der Waals surface area contributed by atoms with E-state index in [2.05, 4.69) is 0 Å². The van der Waals surface area contributed by atoms with Crippen LogP contribution in [0.25, 0.3) is 0 Å². The minimum Gasteiger partial charge on any atom is -0.394 e. The summed E-state index contributed by atoms with van der Waals surface area (Å²) in [5, 5.41) is 284. The van der Waals surface area contributed by atoms with Gasteiger partial charge in [-0.1, -0.05) is 0 Å². The van der Waals surface area contributed by atoms with E-state index in [-0.39, 0.29) is 0 Å². The third kappa shape index (κ3) is 15.5. The largest absolute Gasteiger partial charge is 0.394 e. The predicted molar refractivity (Wildman–Crippen MR) is 278 cm³/mol. The monoisotopic (exact) mass is 1370 g/mol. The molecule has 0 aliphatic carbocycles. The maximum Gasteiger partial charge on any atom is 0.187 e. The summed E-state index contributed by atoms with van der Waals surface area (Å²) in [5.41, 5.74) is 0. The summed E-state index contributed by atoms with van der Waals surface area (Å²) < 4.78 is 91.5. The average molecular weight is 1370 g/mol. The minimum atomic E-state index is -2.59. The van der Waals surface area contributed by atoms with Gasteiger partial charge in [0, 0.05) is 0 Å². The molecule has 9 aliphatic rings. The Hall–Kier alpha value is -1.68. The molecule has 26 N–H and O–H groups in total. The van der Waals surface area contributed by atoms with Gasteiger partial charge in [0.25, 0.3) is 0 Å². The molecule has 0 saturated carbocycles. The number of hydrogen-bond acceptors (Lipinski definition) is 42. The van der Waals surface area contributed by atoms with E-state index in [0.29, 0.717) is 0 Å². The summed E-state index contributed by atoms with van der Waals surface area (Å²) in [6.07, 6.45) is -88.3. The van der Waals surface area contributed by atoms with E-state index in [1.165, 1.54) is 6.92 Å². The zero-order valence-corrected chi connectivity index (χ0v) is 48.9. The molecule has 1 unspecified atom stereocenters. The van der Waals surface area contributed by atoms with Gasteiger partial charge >= 0.3 is 0 Å². The highest BCUT2D eigenvalue weighted by Crippen LogP contribution is 2.40. The molecule has 0 spiro atoms. The molecule has 0 aromatic heterocycles. The van der Waals surface area contributed by atoms with Gasteiger partial charge < -0.3 is 209 Å². The molecule has 0 aromatic carbocycles. The van der Waals surface area contributed by atoms with E-state index < -0.39 is 310 Å². The highest BCUT2D eigenvalue weighted by Gasteiger charge is 2.61. The van der Waals surface area contributed by atoms with Gasteiger partial charge in [0.15, 0.2) is 50.3 Å². The number of rotatable bonds is 22. The smallest absolute Gasteiger partial charge is 0.187 e. The summed E-state index contributed by atoms with van der Waals surface area (Å²) in [6, 6.07) is 0. The number of aliphatic hydroxyl groups excluding tert-OH is 26. The van der Waals surface area contributed by atoms with Crippen molar-refractivity contribution in [2.75, 3.05) is 46.2 Å². The highest BCUT2D eigenvalue weighted by molar-refractivity contribution is 5.05. The molecule has 0 aromatic rings. The van der Waals surface area contributed by atoms with Crippen molar-refractivity contribution in [3.63, 3.8) is 0 Å². The van der Waals surface area contributed by atoms with E-state index >= 15 is 0 Å². The molecular formula is C51H86O42. The lowest BCUT2D eigenvalue weighted by Crippen LogP contribution is -2.70. The molecule has 42 heteroatoms. The second kappa shape index (κ2) is 31.9. The number of hydrogen-bond donors (Lipinski definition) is 26. The molecule has 0 amide bonds. The van der Waals surface area contributed by atoms with Crippen molar-refractivity contribution in [3.8, 4) is 0 Å². The van der Waals surface area contributed by atoms with E-state index in [1.54, 1.807) is 0 Å². The van der Waals surface area contributed by atoms with Crippen LogP contribution in [-0.4, -0.2) is 443 Å². The number of aliphatic hydroxyl groups is 26. The second-order valence-corrected chi connectivity index (χ2v) is 24.0. The average Bonchev–Trinajstić information content (AvgIpc) is 1.47. The first-order valence-corrected chi connectivity index (χ1v) is 29.7. The Labute approximate surface area is 524 Å². The van der Waals surface area contributed by atoms with Gasteiger partial charge in [-0.2, -0.15) is 0 Å². The van der Waals surface area contributed by atoms with Crippen molar-refractivity contribution in [1.29, 1.82) is 0 Å². The minimum absolute atomic E-state index is 0.759. The Morgan fingerprint density at radius 2 is 0.656 bits per heavy atom. The van der Waals surface area contributed by atoms with Gasteiger partial charge in [-0.25, -0.2) is 0 Å². The van der Waals surface area contributed by atoms with Gasteiger partial charge in [0.2, 0.25) is 0 Å². The molecule has 9 aliphatic heterocycles. The number of ether oxygens (including phenoxy) is 16. The maximum absolute atomic E-state index is 12.7. The first-order chi connectivity index (χ1) is 44.0. The molecule has 43 atom stereocenters. The normalized spacial score (nSPS) is 54.5. The lowest BCUT2D eigenvalue weighted by molar-refractivity contribution is -0.399. The van der Waals surface area contributed by atoms with Crippen molar-refractivity contribution >= 4 is 0 Å². The third-order valence-electron chi connectivity index (χ3n) is 17.9. The van der Waals surface area contributed by atoms with Gasteiger partial charge in [-0.3, -0.25) is 0 Å². The molecule has 9 rings (SSSR count). The quantitative estimate of drug-likeness (QED) is 0.0479. The Balaban J connectivity index is 1.02. The topological polar surface area (TPSA) is 674 Å². The van der Waals surface area contributed by atoms with Crippen molar-refractivity contribution in [2.45, 2.75) is 271 Å². The second-order valence-electron chi connectivity index (χ2n) is 24.0. The van der Waals surface area contributed by atoms with Gasteiger partial charge in [-0.05, 0) is 6.92 Å². The first kappa shape index (κ1) is 75.5. The molecule has 93 heavy (non-hydrogen) atoms. The Kier molecular flexibility index (Phi) is 25.9. The lowest BCUT2D eigenvalue weighted by atomic mass is 9.87. The zero-order chi connectivity index (χ0) is 68.1. The Morgan fingerprint density at radius 3 is 1.20 bits per heavy atom. The van der Waals surface area contributed by atoms with E-state index in [1.807, 2.05) is 0 Å². The summed E-state index contributed by atoms with van der Waals surface area (Å²) in [6.45, 7) is -5.22. The van der Waals surface area contributed by atoms with Gasteiger partial charge in [0.05, 0.1) is 52.4 Å². The fraction of sp³-hybridized carbons (Fsp3) is 1.00. The summed E-state index contributed by atoms with van der Waals surface area (Å²) in [5.74, 6) is 0. The summed E-state index contributed by atoms with van der Waals surface area (Å²) in [7, 11) is 0. The Bertz CT molecular complexity index is 2290. The van der Waals surface area contributed by atoms with Crippen molar-refractivity contribution in [1.82, 2.24) is 0 Å². The van der Waals surface area contributed by atoms with Crippen LogP contribution in [0, 0.1) is 0 Å². The van der Waals surface area contributed by atoms with Crippen LogP contribution in [-0.2, 0) is 75.8 Å². The molecule has 42 nitrogen and oxygen atoms in total. The highest BCUT2D eigenvalue weighted by atomic mass is 16.8. The standard InChI is InChI=1S/C51H86O42/c1-9-17(57)23(63)32(72)47(81-9)93-43-25(65)19(59)11(2-52)85-51(43)92-40-18(58)10(56)6-78-39(40)36(76)42-41(28(68)35(75)50(91-42)88-37-14(5-55)82-44(77)29(69)26(37)66)90-49-34(74)27(67)38(16(87-49)8-80-46-31(71)21(61)13(4-54)84-46)89-48-33(73)24(64)22(62)15(86-48)7-79-45-30(70)20(60)12(3-53)83-45/h9-77H,2-8H2,1H3/t9-,10+,11+,12+,13+,14+,15+,16+,17+,18-,19-,20-,21-,22+,23+,24-,25-,26+,27+,28+,29+,30+,31+,32-,33+,34+,35+,36?,37+,38+,39+,40+,41-,42+,43+,44+,45-,46-,47-,48-,49-,50+,51-/m0/s1. The van der Waals surface area contributed by atoms with Crippen molar-refractivity contribution < 1.29 is 209 Å². The van der Waals surface area contributed by atoms with Crippen LogP contribution < -0.4 is 0 Å². The van der Waals surface area contributed by atoms with Gasteiger partial charge in [-0.15, -0.1) is 0 Å². The SMILES string of the molecule is C[C@@H]1O[C@@H](O[C@H]2[C@H](O[C@@H]3[C@@H](O)[C@H](O)CO[C@@H]3C(O)[C@H]3O[C@@H](O[C@H]4[C@H](O)[C@@H](O)[C@H](O)O[C@@H]4CO)[C@H](O)[C@@H](O)[C@@H]3O[C@@H]3O[C@H](CO[C@H]4O[C@H](CO)[C@H](O)[C@H]4O)[C@@H](O[C@@H]4O[C@H](CO[C@H]5O[C@H](CO)[C@H](O)[C@H]5O)[C@@H](O)[C@H](O)[C@H]4O)[C@H](O)[C@H]3O)O[C@H](CO)[C@H](O)[C@@H]2O)[C@@H](O)[C@H](O)[C@@H]1O. The molecule has 542 valence electrons. The van der Waals surface area contributed by atoms with E-state index in [4.69, 9.17) is 75.8 Å². The first-order valence-electron chi connectivity index (χ1n) is 29.7. The third-order valence-corrected chi connectivity index (χ3v) is 17.9. The van der Waals surface area contributed by atoms with E-state index in [0.717, 1.165) is 0 Å². The van der Waals surface area contributed by atoms with Crippen LogP contribution in [0.5, 0.6) is 0 Å². The van der Waals surface area contributed by atoms with Crippen LogP contribution in [0.3, 0.4) is 0 Å². The maximum atomic E-state index is 12.7. The lowest BCUT2D eigenvalue weighted by Gasteiger charge is -2.51. The molecule has 9 heterocycles. The molecular weight excluding hydrogens is 1280 g/mol. The van der Waals surface area contributed by atoms with E-state index in [9.17, 15) is 133 Å². The zero-order valence-electron chi connectivity index (χ0n) is 48.9. The van der Waals surface area contributed by atoms with Crippen LogP contribution in [0.15, 0.2) is 0 Å². The fourth-order valence-electron chi connectivity index (χ4n) is 12.2. The molecule has 0 bridgehead atoms. The van der Waals surface area contributed by atoms with Crippen molar-refractivity contribution in [3.05, 3.63) is 0 Å². The van der Waals surface area contributed by atoms with Gasteiger partial charge in [0.1, 0.15) is 208 Å². The van der Waals surface area contributed by atoms with Crippen LogP contribution in [0.2, 0.25) is 0 Å². The van der Waals surface area contributed by atoms with Crippen LogP contribution in [0.4, 0.5) is 0 Å². The summed E-state index contributed by atoms with van der Waals surface area (Å²) in [4.78, 5) is 0. The molecule has 0 radical (unpaired) electrons. The molecule has 9 fully saturated rings. The van der Waals surface area contributed by atoms with Crippen LogP contribution in [0.1, 0.15) is 6.92 Å². The summed E-state index contributed by atoms with van der Waals surface area (Å²) >= 11 is 0. The van der Waals surface area contributed by atoms with Crippen molar-refractivity contribution in [2.24, 2.45) is 0 Å². The Morgan fingerprint density at radius 1 is 0.301 bits per heavy atom. The fourth-order valence-corrected chi connectivity index (χ4v) is 12.2. The van der Waals surface area contributed by atoms with Crippen LogP contribution >= 0.6 is 0 Å². The predicted octanol–water partition coefficient (Wildman–Crippen LogP) is -18.3.